The summed E-state index contributed by atoms with van der Waals surface area (Å²) >= 11 is 0. The second-order valence-corrected chi connectivity index (χ2v) is 4.62. The molecule has 1 aromatic rings. The van der Waals surface area contributed by atoms with Crippen LogP contribution in [0.3, 0.4) is 0 Å². The summed E-state index contributed by atoms with van der Waals surface area (Å²) in [6, 6.07) is 8.30. The van der Waals surface area contributed by atoms with Gasteiger partial charge in [0.15, 0.2) is 0 Å². The molecule has 0 spiro atoms. The first-order valence-corrected chi connectivity index (χ1v) is 6.19. The molecule has 0 saturated carbocycles. The minimum absolute atomic E-state index is 0.153. The quantitative estimate of drug-likeness (QED) is 0.656. The van der Waals surface area contributed by atoms with Gasteiger partial charge in [-0.05, 0) is 12.5 Å². The Morgan fingerprint density at radius 1 is 1.30 bits per heavy atom. The lowest BCUT2D eigenvalue weighted by atomic mass is 10.2. The smallest absolute Gasteiger partial charge is 0.408 e. The molecule has 0 aliphatic heterocycles. The second kappa shape index (κ2) is 7.28. The summed E-state index contributed by atoms with van der Waals surface area (Å²) in [6.07, 6.45) is 0.219. The summed E-state index contributed by atoms with van der Waals surface area (Å²) < 4.78 is 0. The van der Waals surface area contributed by atoms with E-state index in [2.05, 4.69) is 4.99 Å². The Hall–Kier alpha value is -2.37. The molecule has 6 heteroatoms. The third-order valence-electron chi connectivity index (χ3n) is 2.68. The molecular formula is C14H19N3O3. The van der Waals surface area contributed by atoms with E-state index in [1.165, 1.54) is 13.3 Å². The first kappa shape index (κ1) is 15.7. The molecule has 6 nitrogen and oxygen atoms in total. The number of hydrogen-bond acceptors (Lipinski definition) is 2. The van der Waals surface area contributed by atoms with Crippen molar-refractivity contribution in [2.24, 2.45) is 4.99 Å². The van der Waals surface area contributed by atoms with Crippen LogP contribution in [-0.4, -0.2) is 53.4 Å². The van der Waals surface area contributed by atoms with Crippen LogP contribution in [0.15, 0.2) is 35.3 Å². The highest BCUT2D eigenvalue weighted by Crippen LogP contribution is 2.09. The van der Waals surface area contributed by atoms with E-state index in [1.807, 2.05) is 30.3 Å². The average Bonchev–Trinajstić information content (AvgIpc) is 2.42. The number of rotatable bonds is 5. The van der Waals surface area contributed by atoms with Crippen LogP contribution in [0.5, 0.6) is 0 Å². The number of aliphatic imine (C=N–C) groups is 1. The standard InChI is InChI=1S/C14H19N3O3/c1-11(13(18)15-10-16(2)3)17(14(19)20)9-12-7-5-4-6-8-12/h4-8,10-11H,9H2,1-3H3,(H,19,20). The van der Waals surface area contributed by atoms with E-state index in [0.29, 0.717) is 0 Å². The van der Waals surface area contributed by atoms with Crippen molar-refractivity contribution in [3.63, 3.8) is 0 Å². The summed E-state index contributed by atoms with van der Waals surface area (Å²) in [5, 5.41) is 9.24. The Labute approximate surface area is 118 Å². The zero-order valence-electron chi connectivity index (χ0n) is 11.9. The van der Waals surface area contributed by atoms with Gasteiger partial charge < -0.3 is 10.0 Å². The van der Waals surface area contributed by atoms with E-state index < -0.39 is 18.0 Å². The fourth-order valence-corrected chi connectivity index (χ4v) is 1.56. The maximum absolute atomic E-state index is 11.9. The topological polar surface area (TPSA) is 73.2 Å². The number of carbonyl (C=O) groups is 2. The number of amides is 2. The van der Waals surface area contributed by atoms with Crippen LogP contribution in [-0.2, 0) is 11.3 Å². The van der Waals surface area contributed by atoms with E-state index >= 15 is 0 Å². The van der Waals surface area contributed by atoms with Gasteiger partial charge in [0.1, 0.15) is 6.04 Å². The molecule has 108 valence electrons. The van der Waals surface area contributed by atoms with E-state index in [9.17, 15) is 14.7 Å². The first-order valence-electron chi connectivity index (χ1n) is 6.19. The molecule has 20 heavy (non-hydrogen) atoms. The minimum atomic E-state index is -1.14. The summed E-state index contributed by atoms with van der Waals surface area (Å²) in [5.74, 6) is -0.489. The van der Waals surface area contributed by atoms with Gasteiger partial charge in [-0.25, -0.2) is 9.79 Å². The number of benzene rings is 1. The number of hydrogen-bond donors (Lipinski definition) is 1. The molecule has 0 saturated heterocycles. The molecule has 0 heterocycles. The average molecular weight is 277 g/mol. The van der Waals surface area contributed by atoms with Crippen molar-refractivity contribution < 1.29 is 14.7 Å². The maximum Gasteiger partial charge on any atom is 0.408 e. The predicted molar refractivity (Wildman–Crippen MR) is 76.7 cm³/mol. The van der Waals surface area contributed by atoms with Crippen LogP contribution in [0, 0.1) is 0 Å². The van der Waals surface area contributed by atoms with Gasteiger partial charge in [-0.1, -0.05) is 30.3 Å². The fraction of sp³-hybridized carbons (Fsp3) is 0.357. The lowest BCUT2D eigenvalue weighted by Gasteiger charge is -2.24. The van der Waals surface area contributed by atoms with Crippen molar-refractivity contribution in [3.05, 3.63) is 35.9 Å². The largest absolute Gasteiger partial charge is 0.465 e. The van der Waals surface area contributed by atoms with Gasteiger partial charge in [0.25, 0.3) is 5.91 Å². The second-order valence-electron chi connectivity index (χ2n) is 4.62. The predicted octanol–water partition coefficient (Wildman–Crippen LogP) is 1.67. The molecule has 0 aromatic heterocycles. The van der Waals surface area contributed by atoms with Gasteiger partial charge in [0.05, 0.1) is 6.34 Å². The molecule has 0 fully saturated rings. The Morgan fingerprint density at radius 3 is 2.40 bits per heavy atom. The Balaban J connectivity index is 2.80. The van der Waals surface area contributed by atoms with E-state index in [-0.39, 0.29) is 6.54 Å². The maximum atomic E-state index is 11.9. The van der Waals surface area contributed by atoms with Crippen LogP contribution in [0.2, 0.25) is 0 Å². The van der Waals surface area contributed by atoms with Crippen molar-refractivity contribution >= 4 is 18.3 Å². The molecule has 0 radical (unpaired) electrons. The van der Waals surface area contributed by atoms with E-state index in [0.717, 1.165) is 10.5 Å². The van der Waals surface area contributed by atoms with Gasteiger partial charge in [0, 0.05) is 20.6 Å². The van der Waals surface area contributed by atoms with Crippen LogP contribution in [0.25, 0.3) is 0 Å². The van der Waals surface area contributed by atoms with E-state index in [1.54, 1.807) is 19.0 Å². The molecule has 1 unspecified atom stereocenters. The van der Waals surface area contributed by atoms with Crippen LogP contribution < -0.4 is 0 Å². The molecule has 1 atom stereocenters. The highest BCUT2D eigenvalue weighted by molar-refractivity contribution is 5.90. The monoisotopic (exact) mass is 277 g/mol. The van der Waals surface area contributed by atoms with E-state index in [4.69, 9.17) is 0 Å². The highest BCUT2D eigenvalue weighted by atomic mass is 16.4. The zero-order valence-corrected chi connectivity index (χ0v) is 11.9. The molecular weight excluding hydrogens is 258 g/mol. The number of nitrogens with zero attached hydrogens (tertiary/aromatic N) is 3. The van der Waals surface area contributed by atoms with Gasteiger partial charge in [0.2, 0.25) is 0 Å². The van der Waals surface area contributed by atoms with Crippen molar-refractivity contribution in [1.82, 2.24) is 9.80 Å². The first-order chi connectivity index (χ1) is 9.41. The van der Waals surface area contributed by atoms with Crippen LogP contribution >= 0.6 is 0 Å². The highest BCUT2D eigenvalue weighted by Gasteiger charge is 2.25. The lowest BCUT2D eigenvalue weighted by Crippen LogP contribution is -2.41. The molecule has 1 aromatic carbocycles. The molecule has 1 N–H and O–H groups in total. The summed E-state index contributed by atoms with van der Waals surface area (Å²) in [5.41, 5.74) is 0.825. The summed E-state index contributed by atoms with van der Waals surface area (Å²) in [7, 11) is 3.47. The SMILES string of the molecule is CC(C(=O)N=CN(C)C)N(Cc1ccccc1)C(=O)O. The van der Waals surface area contributed by atoms with Gasteiger partial charge in [-0.2, -0.15) is 0 Å². The summed E-state index contributed by atoms with van der Waals surface area (Å²) in [6.45, 7) is 1.69. The van der Waals surface area contributed by atoms with Crippen LogP contribution in [0.1, 0.15) is 12.5 Å². The summed E-state index contributed by atoms with van der Waals surface area (Å²) in [4.78, 5) is 29.6. The number of carboxylic acid groups (broad SMARTS) is 1. The minimum Gasteiger partial charge on any atom is -0.465 e. The van der Waals surface area contributed by atoms with Crippen molar-refractivity contribution in [1.29, 1.82) is 0 Å². The van der Waals surface area contributed by atoms with Gasteiger partial charge in [-0.15, -0.1) is 0 Å². The third kappa shape index (κ3) is 4.72. The molecule has 1 rings (SSSR count). The molecule has 0 aliphatic rings. The zero-order chi connectivity index (χ0) is 15.1. The molecule has 0 bridgehead atoms. The number of carbonyl (C=O) groups excluding carboxylic acids is 1. The lowest BCUT2D eigenvalue weighted by molar-refractivity contribution is -0.122. The van der Waals surface area contributed by atoms with Gasteiger partial charge >= 0.3 is 6.09 Å². The third-order valence-corrected chi connectivity index (χ3v) is 2.68. The molecule has 2 amide bonds. The Morgan fingerprint density at radius 2 is 1.90 bits per heavy atom. The van der Waals surface area contributed by atoms with Crippen molar-refractivity contribution in [3.8, 4) is 0 Å². The molecule has 0 aliphatic carbocycles. The van der Waals surface area contributed by atoms with Crippen molar-refractivity contribution in [2.75, 3.05) is 14.1 Å². The van der Waals surface area contributed by atoms with Crippen LogP contribution in [0.4, 0.5) is 4.79 Å². The Kier molecular flexibility index (Phi) is 5.71. The van der Waals surface area contributed by atoms with Gasteiger partial charge in [-0.3, -0.25) is 9.69 Å². The van der Waals surface area contributed by atoms with Crippen molar-refractivity contribution in [2.45, 2.75) is 19.5 Å². The Bertz CT molecular complexity index is 486. The normalized spacial score (nSPS) is 12.2. The fourth-order valence-electron chi connectivity index (χ4n) is 1.56.